The molecule has 0 saturated heterocycles. The summed E-state index contributed by atoms with van der Waals surface area (Å²) in [5, 5.41) is 0. The number of nitrogens with zero attached hydrogens (tertiary/aromatic N) is 2. The van der Waals surface area contributed by atoms with Gasteiger partial charge in [-0.05, 0) is 36.8 Å². The van der Waals surface area contributed by atoms with E-state index in [4.69, 9.17) is 18.9 Å². The first-order valence-electron chi connectivity index (χ1n) is 11.1. The molecule has 4 rings (SSSR count). The third-order valence-corrected chi connectivity index (χ3v) is 6.71. The van der Waals surface area contributed by atoms with Crippen molar-refractivity contribution in [2.24, 2.45) is 4.99 Å². The molecule has 0 saturated carbocycles. The van der Waals surface area contributed by atoms with Crippen LogP contribution < -0.4 is 29.1 Å². The molecule has 1 aromatic heterocycles. The Morgan fingerprint density at radius 2 is 1.86 bits per heavy atom. The molecule has 8 nitrogen and oxygen atoms in total. The van der Waals surface area contributed by atoms with E-state index in [2.05, 4.69) is 11.6 Å². The van der Waals surface area contributed by atoms with Gasteiger partial charge < -0.3 is 18.9 Å². The first kappa shape index (κ1) is 25.0. The summed E-state index contributed by atoms with van der Waals surface area (Å²) in [5.74, 6) is 1.18. The predicted molar refractivity (Wildman–Crippen MR) is 137 cm³/mol. The Hall–Kier alpha value is -4.11. The highest BCUT2D eigenvalue weighted by Crippen LogP contribution is 2.33. The maximum absolute atomic E-state index is 13.8. The van der Waals surface area contributed by atoms with Gasteiger partial charge in [0.2, 0.25) is 0 Å². The first-order chi connectivity index (χ1) is 17.4. The molecule has 2 heterocycles. The molecule has 0 spiro atoms. The van der Waals surface area contributed by atoms with Crippen molar-refractivity contribution in [2.45, 2.75) is 13.0 Å². The summed E-state index contributed by atoms with van der Waals surface area (Å²) in [5.41, 5.74) is 1.90. The molecule has 0 aliphatic carbocycles. The molecule has 0 bridgehead atoms. The standard InChI is InChI=1S/C27H26N2O6S/c1-6-14-35-26(31)22-16(2)28-27-29(23(22)17-10-12-19(32-3)13-11-17)25(30)21(36-27)15-18-8-7-9-20(33-4)24(18)34-5/h6-13,15,23H,1,14H2,2-5H3/b21-15-/t23-/m1/s1. The lowest BCUT2D eigenvalue weighted by Crippen LogP contribution is -2.39. The predicted octanol–water partition coefficient (Wildman–Crippen LogP) is 2.99. The van der Waals surface area contributed by atoms with Gasteiger partial charge in [0.25, 0.3) is 5.56 Å². The number of benzene rings is 2. The fourth-order valence-electron chi connectivity index (χ4n) is 4.06. The molecule has 0 amide bonds. The lowest BCUT2D eigenvalue weighted by atomic mass is 9.96. The number of hydrogen-bond donors (Lipinski definition) is 0. The van der Waals surface area contributed by atoms with E-state index in [1.807, 2.05) is 24.3 Å². The molecule has 0 fully saturated rings. The molecule has 0 radical (unpaired) electrons. The van der Waals surface area contributed by atoms with Crippen LogP contribution >= 0.6 is 11.3 Å². The van der Waals surface area contributed by atoms with E-state index in [1.54, 1.807) is 52.5 Å². The van der Waals surface area contributed by atoms with E-state index in [0.29, 0.717) is 43.4 Å². The molecule has 0 N–H and O–H groups in total. The molecule has 186 valence electrons. The lowest BCUT2D eigenvalue weighted by molar-refractivity contribution is -0.138. The van der Waals surface area contributed by atoms with Crippen molar-refractivity contribution >= 4 is 23.4 Å². The van der Waals surface area contributed by atoms with Gasteiger partial charge in [0.1, 0.15) is 12.4 Å². The van der Waals surface area contributed by atoms with Crippen LogP contribution in [0.1, 0.15) is 24.1 Å². The smallest absolute Gasteiger partial charge is 0.338 e. The number of fused-ring (bicyclic) bond motifs is 1. The third-order valence-electron chi connectivity index (χ3n) is 5.73. The second-order valence-corrected chi connectivity index (χ2v) is 8.83. The van der Waals surface area contributed by atoms with E-state index in [1.165, 1.54) is 22.0 Å². The van der Waals surface area contributed by atoms with Crippen molar-refractivity contribution < 1.29 is 23.7 Å². The Morgan fingerprint density at radius 1 is 1.11 bits per heavy atom. The Balaban J connectivity index is 1.94. The van der Waals surface area contributed by atoms with E-state index < -0.39 is 12.0 Å². The number of para-hydroxylation sites is 1. The average Bonchev–Trinajstić information content (AvgIpc) is 3.20. The molecule has 3 aromatic rings. The minimum absolute atomic E-state index is 0.0466. The van der Waals surface area contributed by atoms with Gasteiger partial charge in [0.15, 0.2) is 16.3 Å². The van der Waals surface area contributed by atoms with Crippen LogP contribution in [-0.4, -0.2) is 38.5 Å². The molecule has 9 heteroatoms. The molecule has 0 unspecified atom stereocenters. The number of carbonyl (C=O) groups excluding carboxylic acids is 1. The zero-order chi connectivity index (χ0) is 25.8. The van der Waals surface area contributed by atoms with Gasteiger partial charge in [-0.15, -0.1) is 0 Å². The zero-order valence-electron chi connectivity index (χ0n) is 20.4. The molecular formula is C27H26N2O6S. The number of aromatic nitrogens is 1. The lowest BCUT2D eigenvalue weighted by Gasteiger charge is -2.24. The van der Waals surface area contributed by atoms with Gasteiger partial charge in [0, 0.05) is 5.56 Å². The summed E-state index contributed by atoms with van der Waals surface area (Å²) in [6.07, 6.45) is 3.23. The molecule has 36 heavy (non-hydrogen) atoms. The number of allylic oxidation sites excluding steroid dienone is 1. The second-order valence-electron chi connectivity index (χ2n) is 7.82. The first-order valence-corrected chi connectivity index (χ1v) is 11.9. The summed E-state index contributed by atoms with van der Waals surface area (Å²) < 4.78 is 23.5. The number of carbonyl (C=O) groups is 1. The van der Waals surface area contributed by atoms with Crippen molar-refractivity contribution in [1.82, 2.24) is 4.57 Å². The van der Waals surface area contributed by atoms with Crippen molar-refractivity contribution in [3.05, 3.63) is 97.2 Å². The number of ether oxygens (including phenoxy) is 4. The van der Waals surface area contributed by atoms with Gasteiger partial charge in [-0.25, -0.2) is 9.79 Å². The molecular weight excluding hydrogens is 480 g/mol. The van der Waals surface area contributed by atoms with Crippen LogP contribution in [-0.2, 0) is 9.53 Å². The number of thiazole rings is 1. The monoisotopic (exact) mass is 506 g/mol. The molecule has 2 aromatic carbocycles. The quantitative estimate of drug-likeness (QED) is 0.345. The minimum Gasteiger partial charge on any atom is -0.497 e. The number of rotatable bonds is 8. The van der Waals surface area contributed by atoms with Gasteiger partial charge in [-0.2, -0.15) is 0 Å². The van der Waals surface area contributed by atoms with Crippen LogP contribution in [0.2, 0.25) is 0 Å². The van der Waals surface area contributed by atoms with Crippen LogP contribution in [0, 0.1) is 0 Å². The topological polar surface area (TPSA) is 88.4 Å². The summed E-state index contributed by atoms with van der Waals surface area (Å²) in [7, 11) is 4.68. The Kier molecular flexibility index (Phi) is 7.40. The fraction of sp³-hybridized carbons (Fsp3) is 0.222. The average molecular weight is 507 g/mol. The highest BCUT2D eigenvalue weighted by molar-refractivity contribution is 7.07. The van der Waals surface area contributed by atoms with Crippen LogP contribution in [0.25, 0.3) is 6.08 Å². The Morgan fingerprint density at radius 3 is 2.50 bits per heavy atom. The van der Waals surface area contributed by atoms with Crippen LogP contribution in [0.3, 0.4) is 0 Å². The van der Waals surface area contributed by atoms with Gasteiger partial charge in [-0.3, -0.25) is 9.36 Å². The van der Waals surface area contributed by atoms with E-state index >= 15 is 0 Å². The molecule has 1 aliphatic rings. The molecule has 1 atom stereocenters. The highest BCUT2D eigenvalue weighted by Gasteiger charge is 2.33. The number of esters is 1. The molecule has 1 aliphatic heterocycles. The van der Waals surface area contributed by atoms with Crippen LogP contribution in [0.4, 0.5) is 0 Å². The Labute approximate surface area is 212 Å². The van der Waals surface area contributed by atoms with Gasteiger partial charge >= 0.3 is 5.97 Å². The summed E-state index contributed by atoms with van der Waals surface area (Å²) in [6.45, 7) is 5.39. The normalized spacial score (nSPS) is 15.1. The number of methoxy groups -OCH3 is 3. The van der Waals surface area contributed by atoms with Crippen LogP contribution in [0.5, 0.6) is 17.2 Å². The Bertz CT molecular complexity index is 1520. The second kappa shape index (κ2) is 10.7. The van der Waals surface area contributed by atoms with Crippen molar-refractivity contribution in [3.8, 4) is 17.2 Å². The van der Waals surface area contributed by atoms with E-state index in [-0.39, 0.29) is 12.2 Å². The summed E-state index contributed by atoms with van der Waals surface area (Å²) in [6, 6.07) is 11.9. The number of hydrogen-bond acceptors (Lipinski definition) is 8. The largest absolute Gasteiger partial charge is 0.497 e. The fourth-order valence-corrected chi connectivity index (χ4v) is 5.10. The maximum atomic E-state index is 13.8. The zero-order valence-corrected chi connectivity index (χ0v) is 21.3. The highest BCUT2D eigenvalue weighted by atomic mass is 32.1. The van der Waals surface area contributed by atoms with Crippen molar-refractivity contribution in [3.63, 3.8) is 0 Å². The van der Waals surface area contributed by atoms with Gasteiger partial charge in [0.05, 0.1) is 43.2 Å². The summed E-state index contributed by atoms with van der Waals surface area (Å²) in [4.78, 5) is 31.9. The van der Waals surface area contributed by atoms with Crippen molar-refractivity contribution in [1.29, 1.82) is 0 Å². The van der Waals surface area contributed by atoms with Gasteiger partial charge in [-0.1, -0.05) is 48.3 Å². The maximum Gasteiger partial charge on any atom is 0.338 e. The van der Waals surface area contributed by atoms with E-state index in [0.717, 1.165) is 5.56 Å². The van der Waals surface area contributed by atoms with Crippen LogP contribution in [0.15, 0.2) is 76.2 Å². The summed E-state index contributed by atoms with van der Waals surface area (Å²) >= 11 is 1.24. The SMILES string of the molecule is C=CCOC(=O)C1=C(C)N=c2s/c(=C\c3cccc(OC)c3OC)c(=O)n2[C@@H]1c1ccc(OC)cc1. The van der Waals surface area contributed by atoms with Crippen molar-refractivity contribution in [2.75, 3.05) is 27.9 Å². The minimum atomic E-state index is -0.723. The third kappa shape index (κ3) is 4.57. The van der Waals surface area contributed by atoms with E-state index in [9.17, 15) is 9.59 Å².